The summed E-state index contributed by atoms with van der Waals surface area (Å²) in [7, 11) is 4.51. The lowest BCUT2D eigenvalue weighted by Gasteiger charge is -2.39. The summed E-state index contributed by atoms with van der Waals surface area (Å²) in [5.41, 5.74) is 2.25. The van der Waals surface area contributed by atoms with Crippen LogP contribution in [0.15, 0.2) is 30.3 Å². The molecule has 13 heteroatoms. The van der Waals surface area contributed by atoms with Crippen LogP contribution in [0.3, 0.4) is 0 Å². The maximum absolute atomic E-state index is 13.8. The molecule has 1 saturated heterocycles. The summed E-state index contributed by atoms with van der Waals surface area (Å²) in [6, 6.07) is 8.48. The molecule has 12 nitrogen and oxygen atoms in total. The van der Waals surface area contributed by atoms with Crippen molar-refractivity contribution in [3.8, 4) is 23.0 Å². The Bertz CT molecular complexity index is 1400. The summed E-state index contributed by atoms with van der Waals surface area (Å²) in [6.07, 6.45) is -7.15. The first-order valence-electron chi connectivity index (χ1n) is 12.6. The number of aromatic nitrogens is 1. The van der Waals surface area contributed by atoms with Gasteiger partial charge in [-0.25, -0.2) is 0 Å². The first-order valence-corrected chi connectivity index (χ1v) is 13.1. The summed E-state index contributed by atoms with van der Waals surface area (Å²) < 4.78 is 27.7. The third-order valence-corrected chi connectivity index (χ3v) is 7.69. The molecule has 1 aromatic heterocycles. The minimum Gasteiger partial charge on any atom is -0.493 e. The van der Waals surface area contributed by atoms with E-state index in [1.807, 2.05) is 0 Å². The molecule has 0 bridgehead atoms. The van der Waals surface area contributed by atoms with Gasteiger partial charge in [-0.05, 0) is 23.8 Å². The highest BCUT2D eigenvalue weighted by atomic mass is 35.5. The molecule has 3 heterocycles. The molecule has 2 aliphatic rings. The summed E-state index contributed by atoms with van der Waals surface area (Å²) in [5, 5.41) is 40.7. The largest absolute Gasteiger partial charge is 0.493 e. The van der Waals surface area contributed by atoms with Gasteiger partial charge in [0.05, 0.1) is 39.1 Å². The molecule has 40 heavy (non-hydrogen) atoms. The fourth-order valence-electron chi connectivity index (χ4n) is 5.22. The zero-order chi connectivity index (χ0) is 28.7. The highest BCUT2D eigenvalue weighted by Gasteiger charge is 2.45. The number of rotatable bonds is 8. The van der Waals surface area contributed by atoms with Crippen molar-refractivity contribution in [3.63, 3.8) is 0 Å². The molecule has 216 valence electrons. The first kappa shape index (κ1) is 28.3. The van der Waals surface area contributed by atoms with Crippen molar-refractivity contribution in [2.24, 2.45) is 0 Å². The number of amides is 1. The molecule has 1 fully saturated rings. The van der Waals surface area contributed by atoms with Gasteiger partial charge < -0.3 is 54.0 Å². The molecule has 0 saturated carbocycles. The predicted octanol–water partition coefficient (Wildman–Crippen LogP) is 1.36. The molecule has 2 aliphatic heterocycles. The Labute approximate surface area is 234 Å². The van der Waals surface area contributed by atoms with Crippen LogP contribution in [-0.2, 0) is 4.74 Å². The third-order valence-electron chi connectivity index (χ3n) is 7.32. The molecule has 2 aromatic carbocycles. The second-order valence-corrected chi connectivity index (χ2v) is 9.90. The number of benzene rings is 2. The molecule has 3 aromatic rings. The lowest BCUT2D eigenvalue weighted by Crippen LogP contribution is -2.60. The zero-order valence-corrected chi connectivity index (χ0v) is 22.8. The van der Waals surface area contributed by atoms with Gasteiger partial charge >= 0.3 is 0 Å². The third kappa shape index (κ3) is 4.70. The van der Waals surface area contributed by atoms with E-state index in [1.54, 1.807) is 35.2 Å². The normalized spacial score (nSPS) is 26.1. The van der Waals surface area contributed by atoms with Crippen LogP contribution >= 0.6 is 11.6 Å². The Morgan fingerprint density at radius 1 is 1.05 bits per heavy atom. The molecule has 0 radical (unpaired) electrons. The van der Waals surface area contributed by atoms with E-state index < -0.39 is 37.3 Å². The average Bonchev–Trinajstić information content (AvgIpc) is 3.57. The van der Waals surface area contributed by atoms with Crippen LogP contribution in [0.25, 0.3) is 10.9 Å². The SMILES string of the molecule is COc1cc2cc(C(=O)N3CC(CCl)c4ccc(O[C@@H]5O[C@H](CO)[C@@H](O)[C@H](O)[C@@H]5O)cc43)[nH]c2c(OC)c1OC. The molecule has 5 N–H and O–H groups in total. The second-order valence-electron chi connectivity index (χ2n) is 9.60. The van der Waals surface area contributed by atoms with Crippen LogP contribution in [0.1, 0.15) is 22.0 Å². The van der Waals surface area contributed by atoms with Crippen LogP contribution in [0, 0.1) is 0 Å². The number of halogens is 1. The molecule has 0 spiro atoms. The maximum atomic E-state index is 13.8. The number of anilines is 1. The van der Waals surface area contributed by atoms with Crippen molar-refractivity contribution in [1.82, 2.24) is 4.98 Å². The summed E-state index contributed by atoms with van der Waals surface area (Å²) >= 11 is 6.25. The quantitative estimate of drug-likeness (QED) is 0.247. The lowest BCUT2D eigenvalue weighted by molar-refractivity contribution is -0.277. The van der Waals surface area contributed by atoms with Gasteiger partial charge in [0.25, 0.3) is 5.91 Å². The summed E-state index contributed by atoms with van der Waals surface area (Å²) in [5.74, 6) is 1.29. The number of aliphatic hydroxyl groups excluding tert-OH is 4. The van der Waals surface area contributed by atoms with E-state index in [9.17, 15) is 25.2 Å². The number of nitrogens with one attached hydrogen (secondary N) is 1. The monoisotopic (exact) mass is 578 g/mol. The Morgan fingerprint density at radius 3 is 2.45 bits per heavy atom. The number of aromatic amines is 1. The number of alkyl halides is 1. The standard InChI is InChI=1S/C27H31ClN2O10/c1-36-18-7-12-6-16(29-20(12)25(38-3)24(18)37-2)26(35)30-10-13(9-28)15-5-4-14(8-17(15)30)39-27-23(34)22(33)21(32)19(11-31)40-27/h4-8,13,19,21-23,27,29,31-34H,9-11H2,1-3H3/t13?,19-,21-,22+,23+,27-/m1/s1. The van der Waals surface area contributed by atoms with Gasteiger partial charge in [0.15, 0.2) is 11.5 Å². The average molecular weight is 579 g/mol. The molecule has 6 atom stereocenters. The van der Waals surface area contributed by atoms with Gasteiger partial charge in [-0.2, -0.15) is 0 Å². The smallest absolute Gasteiger partial charge is 0.274 e. The minimum atomic E-state index is -1.58. The van der Waals surface area contributed by atoms with E-state index in [-0.39, 0.29) is 23.5 Å². The van der Waals surface area contributed by atoms with Crippen LogP contribution in [0.2, 0.25) is 0 Å². The van der Waals surface area contributed by atoms with Gasteiger partial charge in [0, 0.05) is 29.8 Å². The number of aliphatic hydroxyl groups is 4. The number of nitrogens with zero attached hydrogens (tertiary/aromatic N) is 1. The van der Waals surface area contributed by atoms with Crippen LogP contribution in [-0.4, -0.2) is 102 Å². The van der Waals surface area contributed by atoms with Gasteiger partial charge in [-0.15, -0.1) is 11.6 Å². The number of hydrogen-bond donors (Lipinski definition) is 5. The Morgan fingerprint density at radius 2 is 1.80 bits per heavy atom. The van der Waals surface area contributed by atoms with Crippen LogP contribution in [0.4, 0.5) is 5.69 Å². The number of H-pyrrole nitrogens is 1. The lowest BCUT2D eigenvalue weighted by atomic mass is 9.99. The predicted molar refractivity (Wildman–Crippen MR) is 144 cm³/mol. The Balaban J connectivity index is 1.47. The van der Waals surface area contributed by atoms with Gasteiger partial charge in [-0.3, -0.25) is 4.79 Å². The van der Waals surface area contributed by atoms with E-state index in [2.05, 4.69) is 4.98 Å². The molecular weight excluding hydrogens is 548 g/mol. The van der Waals surface area contributed by atoms with Crippen molar-refractivity contribution in [2.45, 2.75) is 36.6 Å². The summed E-state index contributed by atoms with van der Waals surface area (Å²) in [4.78, 5) is 18.5. The van der Waals surface area contributed by atoms with Crippen molar-refractivity contribution >= 4 is 34.1 Å². The van der Waals surface area contributed by atoms with Crippen molar-refractivity contribution < 1.29 is 48.9 Å². The first-order chi connectivity index (χ1) is 19.3. The van der Waals surface area contributed by atoms with Crippen LogP contribution in [0.5, 0.6) is 23.0 Å². The van der Waals surface area contributed by atoms with Crippen molar-refractivity contribution in [1.29, 1.82) is 0 Å². The van der Waals surface area contributed by atoms with Crippen molar-refractivity contribution in [2.75, 3.05) is 45.3 Å². The van der Waals surface area contributed by atoms with E-state index in [4.69, 9.17) is 35.3 Å². The van der Waals surface area contributed by atoms with Gasteiger partial charge in [-0.1, -0.05) is 6.07 Å². The van der Waals surface area contributed by atoms with Gasteiger partial charge in [0.2, 0.25) is 12.0 Å². The highest BCUT2D eigenvalue weighted by Crippen LogP contribution is 2.44. The minimum absolute atomic E-state index is 0.138. The number of methoxy groups -OCH3 is 3. The fraction of sp³-hybridized carbons (Fsp3) is 0.444. The van der Waals surface area contributed by atoms with Gasteiger partial charge in [0.1, 0.15) is 35.9 Å². The number of hydrogen-bond acceptors (Lipinski definition) is 10. The van der Waals surface area contributed by atoms with Crippen LogP contribution < -0.4 is 23.8 Å². The molecule has 1 unspecified atom stereocenters. The number of ether oxygens (including phenoxy) is 5. The second kappa shape index (κ2) is 11.3. The topological polar surface area (TPSA) is 163 Å². The summed E-state index contributed by atoms with van der Waals surface area (Å²) in [6.45, 7) is -0.262. The molecular formula is C27H31ClN2O10. The molecule has 0 aliphatic carbocycles. The maximum Gasteiger partial charge on any atom is 0.274 e. The fourth-order valence-corrected chi connectivity index (χ4v) is 5.48. The number of carbonyl (C=O) groups is 1. The Kier molecular flexibility index (Phi) is 8.00. The Hall–Kier alpha value is -3.26. The van der Waals surface area contributed by atoms with E-state index in [0.717, 1.165) is 5.56 Å². The number of fused-ring (bicyclic) bond motifs is 2. The van der Waals surface area contributed by atoms with E-state index >= 15 is 0 Å². The zero-order valence-electron chi connectivity index (χ0n) is 22.0. The highest BCUT2D eigenvalue weighted by molar-refractivity contribution is 6.19. The number of carbonyl (C=O) groups excluding carboxylic acids is 1. The van der Waals surface area contributed by atoms with E-state index in [0.29, 0.717) is 46.1 Å². The van der Waals surface area contributed by atoms with E-state index in [1.165, 1.54) is 21.3 Å². The van der Waals surface area contributed by atoms with Crippen molar-refractivity contribution in [3.05, 3.63) is 41.6 Å². The molecule has 5 rings (SSSR count). The molecule has 1 amide bonds.